The Hall–Kier alpha value is -7.86. The van der Waals surface area contributed by atoms with Gasteiger partial charge in [0.05, 0.1) is 62.7 Å². The van der Waals surface area contributed by atoms with Crippen LogP contribution in [0.3, 0.4) is 0 Å². The van der Waals surface area contributed by atoms with Gasteiger partial charge in [0.1, 0.15) is 0 Å². The molecule has 0 unspecified atom stereocenters. The van der Waals surface area contributed by atoms with E-state index in [1.165, 1.54) is 16.2 Å². The maximum Gasteiger partial charge on any atom is 0.188 e. The lowest BCUT2D eigenvalue weighted by molar-refractivity contribution is 1.13. The number of fused-ring (bicyclic) bond motifs is 9. The van der Waals surface area contributed by atoms with Crippen LogP contribution in [-0.2, 0) is 0 Å². The molecule has 55 heavy (non-hydrogen) atoms. The molecule has 5 heteroatoms. The van der Waals surface area contributed by atoms with Gasteiger partial charge in [-0.1, -0.05) is 115 Å². The molecule has 0 aliphatic heterocycles. The standard InChI is InChI=1S/C50H29N5/c1-52-33-25-28-48-42(30-33)40-17-6-7-19-43(40)53(48)34-26-27-35(32(29-34)31-51)36-13-2-10-22-46(36)55-47-23-11-5-16-39(47)41-18-12-24-49(50(41)55)54-44-20-8-3-14-37(44)38-15-4-9-21-45(38)54/h2-30H. The zero-order chi connectivity index (χ0) is 36.6. The second-order valence-corrected chi connectivity index (χ2v) is 13.9. The van der Waals surface area contributed by atoms with Crippen LogP contribution in [0.25, 0.3) is 98.5 Å². The van der Waals surface area contributed by atoms with Gasteiger partial charge in [0, 0.05) is 43.7 Å². The van der Waals surface area contributed by atoms with E-state index in [-0.39, 0.29) is 0 Å². The Labute approximate surface area is 316 Å². The summed E-state index contributed by atoms with van der Waals surface area (Å²) in [5, 5.41) is 17.7. The van der Waals surface area contributed by atoms with Crippen LogP contribution < -0.4 is 0 Å². The van der Waals surface area contributed by atoms with Crippen molar-refractivity contribution in [2.45, 2.75) is 0 Å². The summed E-state index contributed by atoms with van der Waals surface area (Å²) >= 11 is 0. The van der Waals surface area contributed by atoms with Gasteiger partial charge in [0.25, 0.3) is 0 Å². The molecule has 254 valence electrons. The normalized spacial score (nSPS) is 11.6. The molecule has 0 bridgehead atoms. The van der Waals surface area contributed by atoms with Crippen molar-refractivity contribution in [2.75, 3.05) is 0 Å². The highest BCUT2D eigenvalue weighted by Crippen LogP contribution is 2.42. The molecule has 0 aliphatic rings. The summed E-state index contributed by atoms with van der Waals surface area (Å²) in [6, 6.07) is 63.7. The van der Waals surface area contributed by atoms with Crippen molar-refractivity contribution < 1.29 is 0 Å². The molecule has 0 aliphatic carbocycles. The van der Waals surface area contributed by atoms with E-state index in [0.717, 1.165) is 77.4 Å². The lowest BCUT2D eigenvalue weighted by Crippen LogP contribution is -2.03. The third-order valence-corrected chi connectivity index (χ3v) is 11.1. The molecule has 0 saturated carbocycles. The van der Waals surface area contributed by atoms with Gasteiger partial charge in [0.2, 0.25) is 0 Å². The van der Waals surface area contributed by atoms with E-state index < -0.39 is 0 Å². The topological polar surface area (TPSA) is 42.9 Å². The molecule has 3 aromatic heterocycles. The van der Waals surface area contributed by atoms with Crippen LogP contribution in [0.4, 0.5) is 5.69 Å². The van der Waals surface area contributed by atoms with Crippen molar-refractivity contribution in [3.63, 3.8) is 0 Å². The van der Waals surface area contributed by atoms with Gasteiger partial charge in [-0.15, -0.1) is 0 Å². The Morgan fingerprint density at radius 2 is 0.945 bits per heavy atom. The first kappa shape index (κ1) is 30.7. The molecule has 3 heterocycles. The number of hydrogen-bond donors (Lipinski definition) is 0. The predicted molar refractivity (Wildman–Crippen MR) is 226 cm³/mol. The van der Waals surface area contributed by atoms with Crippen molar-refractivity contribution in [3.8, 4) is 34.3 Å². The average molecular weight is 700 g/mol. The van der Waals surface area contributed by atoms with E-state index in [9.17, 15) is 5.26 Å². The van der Waals surface area contributed by atoms with E-state index in [1.54, 1.807) is 0 Å². The zero-order valence-electron chi connectivity index (χ0n) is 29.5. The van der Waals surface area contributed by atoms with E-state index in [1.807, 2.05) is 36.4 Å². The van der Waals surface area contributed by atoms with Gasteiger partial charge >= 0.3 is 0 Å². The summed E-state index contributed by atoms with van der Waals surface area (Å²) in [5.74, 6) is 0. The molecule has 0 amide bonds. The van der Waals surface area contributed by atoms with Crippen LogP contribution in [-0.4, -0.2) is 13.7 Å². The smallest absolute Gasteiger partial charge is 0.188 e. The highest BCUT2D eigenvalue weighted by Gasteiger charge is 2.22. The van der Waals surface area contributed by atoms with Gasteiger partial charge in [0.15, 0.2) is 5.69 Å². The zero-order valence-corrected chi connectivity index (χ0v) is 29.5. The summed E-state index contributed by atoms with van der Waals surface area (Å²) in [6.07, 6.45) is 0. The SMILES string of the molecule is [C-]#[N+]c1ccc2c(c1)c1ccccc1n2-c1ccc(-c2ccccc2-n2c3ccccc3c3cccc(-n4c5ccccc5c5ccccc54)c32)c(C#N)c1. The van der Waals surface area contributed by atoms with Crippen LogP contribution in [0.15, 0.2) is 176 Å². The first-order chi connectivity index (χ1) is 27.2. The highest BCUT2D eigenvalue weighted by atomic mass is 15.1. The molecule has 5 nitrogen and oxygen atoms in total. The molecule has 0 N–H and O–H groups in total. The number of para-hydroxylation sites is 6. The number of nitriles is 1. The molecule has 0 spiro atoms. The number of aromatic nitrogens is 3. The van der Waals surface area contributed by atoms with Crippen molar-refractivity contribution in [2.24, 2.45) is 0 Å². The van der Waals surface area contributed by atoms with E-state index in [4.69, 9.17) is 6.57 Å². The third-order valence-electron chi connectivity index (χ3n) is 11.1. The number of nitrogens with zero attached hydrogens (tertiary/aromatic N) is 5. The van der Waals surface area contributed by atoms with E-state index in [2.05, 4.69) is 164 Å². The van der Waals surface area contributed by atoms with Crippen molar-refractivity contribution >= 4 is 71.1 Å². The van der Waals surface area contributed by atoms with Gasteiger partial charge in [-0.2, -0.15) is 5.26 Å². The molecular formula is C50H29N5. The Balaban J connectivity index is 1.18. The van der Waals surface area contributed by atoms with E-state index >= 15 is 0 Å². The Kier molecular flexibility index (Phi) is 6.61. The van der Waals surface area contributed by atoms with Crippen LogP contribution in [0.2, 0.25) is 0 Å². The summed E-state index contributed by atoms with van der Waals surface area (Å²) < 4.78 is 6.98. The van der Waals surface area contributed by atoms with Crippen LogP contribution >= 0.6 is 0 Å². The molecule has 0 fully saturated rings. The predicted octanol–water partition coefficient (Wildman–Crippen LogP) is 13.1. The van der Waals surface area contributed by atoms with E-state index in [0.29, 0.717) is 11.3 Å². The summed E-state index contributed by atoms with van der Waals surface area (Å²) in [4.78, 5) is 3.69. The fourth-order valence-corrected chi connectivity index (χ4v) is 8.82. The molecule has 11 aromatic rings. The summed E-state index contributed by atoms with van der Waals surface area (Å²) in [6.45, 7) is 7.61. The minimum Gasteiger partial charge on any atom is -0.309 e. The molecule has 0 saturated heterocycles. The Morgan fingerprint density at radius 3 is 1.62 bits per heavy atom. The minimum atomic E-state index is 0.581. The summed E-state index contributed by atoms with van der Waals surface area (Å²) in [5.41, 5.74) is 12.5. The van der Waals surface area contributed by atoms with Gasteiger partial charge in [-0.3, -0.25) is 0 Å². The van der Waals surface area contributed by atoms with Crippen molar-refractivity contribution in [1.82, 2.24) is 13.7 Å². The quantitative estimate of drug-likeness (QED) is 0.169. The minimum absolute atomic E-state index is 0.581. The summed E-state index contributed by atoms with van der Waals surface area (Å²) in [7, 11) is 0. The fourth-order valence-electron chi connectivity index (χ4n) is 8.82. The van der Waals surface area contributed by atoms with Crippen molar-refractivity contribution in [3.05, 3.63) is 193 Å². The van der Waals surface area contributed by atoms with Gasteiger partial charge < -0.3 is 13.7 Å². The maximum absolute atomic E-state index is 10.8. The molecule has 0 radical (unpaired) electrons. The largest absolute Gasteiger partial charge is 0.309 e. The molecule has 11 rings (SSSR count). The molecule has 8 aromatic carbocycles. The van der Waals surface area contributed by atoms with Gasteiger partial charge in [-0.05, 0) is 66.0 Å². The highest BCUT2D eigenvalue weighted by molar-refractivity contribution is 6.15. The monoisotopic (exact) mass is 699 g/mol. The second kappa shape index (κ2) is 11.8. The number of rotatable bonds is 4. The van der Waals surface area contributed by atoms with Crippen LogP contribution in [0.5, 0.6) is 0 Å². The number of hydrogen-bond acceptors (Lipinski definition) is 1. The first-order valence-corrected chi connectivity index (χ1v) is 18.3. The maximum atomic E-state index is 10.8. The Bertz CT molecular complexity index is 3420. The molecule has 0 atom stereocenters. The third kappa shape index (κ3) is 4.39. The van der Waals surface area contributed by atoms with Gasteiger partial charge in [-0.25, -0.2) is 4.85 Å². The second-order valence-electron chi connectivity index (χ2n) is 13.9. The average Bonchev–Trinajstić information content (AvgIpc) is 3.89. The lowest BCUT2D eigenvalue weighted by atomic mass is 9.97. The number of benzene rings is 8. The van der Waals surface area contributed by atoms with Crippen LogP contribution in [0.1, 0.15) is 5.56 Å². The van der Waals surface area contributed by atoms with Crippen molar-refractivity contribution in [1.29, 1.82) is 5.26 Å². The first-order valence-electron chi connectivity index (χ1n) is 18.3. The molecular weight excluding hydrogens is 671 g/mol. The Morgan fingerprint density at radius 1 is 0.418 bits per heavy atom. The fraction of sp³-hybridized carbons (Fsp3) is 0. The van der Waals surface area contributed by atoms with Crippen LogP contribution in [0, 0.1) is 17.9 Å². The lowest BCUT2D eigenvalue weighted by Gasteiger charge is -2.18.